The van der Waals surface area contributed by atoms with Gasteiger partial charge >= 0.3 is 0 Å². The Morgan fingerprint density at radius 2 is 1.72 bits per heavy atom. The molecule has 4 rings (SSSR count). The van der Waals surface area contributed by atoms with E-state index in [1.807, 2.05) is 36.4 Å². The van der Waals surface area contributed by atoms with Gasteiger partial charge in [0.1, 0.15) is 17.4 Å². The summed E-state index contributed by atoms with van der Waals surface area (Å²) in [5.74, 6) is 3.46. The number of nitrogens with zero attached hydrogens (tertiary/aromatic N) is 3. The van der Waals surface area contributed by atoms with Gasteiger partial charge in [0, 0.05) is 17.4 Å². The minimum atomic E-state index is 0.275. The smallest absolute Gasteiger partial charge is 0.140 e. The van der Waals surface area contributed by atoms with E-state index in [-0.39, 0.29) is 6.10 Å². The van der Waals surface area contributed by atoms with Crippen LogP contribution < -0.4 is 4.74 Å². The van der Waals surface area contributed by atoms with Crippen LogP contribution in [0.15, 0.2) is 48.5 Å². The van der Waals surface area contributed by atoms with Crippen molar-refractivity contribution in [1.29, 1.82) is 0 Å². The van der Waals surface area contributed by atoms with Gasteiger partial charge in [-0.2, -0.15) is 0 Å². The van der Waals surface area contributed by atoms with Gasteiger partial charge in [-0.1, -0.05) is 43.6 Å². The highest BCUT2D eigenvalue weighted by Gasteiger charge is 2.29. The second-order valence-electron chi connectivity index (χ2n) is 7.69. The fourth-order valence-corrected chi connectivity index (χ4v) is 4.47. The lowest BCUT2D eigenvalue weighted by Gasteiger charge is -2.29. The van der Waals surface area contributed by atoms with Crippen molar-refractivity contribution < 1.29 is 4.74 Å². The maximum Gasteiger partial charge on any atom is 0.140 e. The number of ether oxygens (including phenoxy) is 1. The molecule has 0 atom stereocenters. The predicted octanol–water partition coefficient (Wildman–Crippen LogP) is 6.15. The molecule has 1 aliphatic carbocycles. The first kappa shape index (κ1) is 20.0. The largest absolute Gasteiger partial charge is 0.490 e. The summed E-state index contributed by atoms with van der Waals surface area (Å²) in [4.78, 5) is 0. The van der Waals surface area contributed by atoms with Crippen LogP contribution >= 0.6 is 11.6 Å². The van der Waals surface area contributed by atoms with Crippen molar-refractivity contribution in [2.24, 2.45) is 0 Å². The molecule has 3 aromatic rings. The molecule has 0 aliphatic heterocycles. The molecule has 1 fully saturated rings. The van der Waals surface area contributed by atoms with Gasteiger partial charge in [-0.25, -0.2) is 0 Å². The molecule has 5 heteroatoms. The molecule has 0 radical (unpaired) electrons. The van der Waals surface area contributed by atoms with Crippen molar-refractivity contribution in [3.05, 3.63) is 70.8 Å². The summed E-state index contributed by atoms with van der Waals surface area (Å²) in [5.41, 5.74) is 2.39. The molecule has 0 spiro atoms. The maximum atomic E-state index is 6.25. The molecule has 0 bridgehead atoms. The van der Waals surface area contributed by atoms with Crippen LogP contribution in [0.4, 0.5) is 0 Å². The Kier molecular flexibility index (Phi) is 6.19. The Morgan fingerprint density at radius 3 is 2.41 bits per heavy atom. The monoisotopic (exact) mass is 409 g/mol. The molecule has 0 saturated heterocycles. The molecule has 1 aliphatic rings. The van der Waals surface area contributed by atoms with E-state index in [1.54, 1.807) is 0 Å². The highest BCUT2D eigenvalue weighted by atomic mass is 35.5. The number of benzene rings is 2. The molecule has 0 unspecified atom stereocenters. The number of hydrogen-bond donors (Lipinski definition) is 0. The lowest BCUT2D eigenvalue weighted by Crippen LogP contribution is -2.25. The standard InChI is InChI=1S/C24H28ClN3O/c1-3-17-16-19(25)12-15-22(17)28-23(4-2)26-27-24(28)18-10-13-21(14-11-18)29-20-8-6-5-7-9-20/h5-9,12,15-16,18,21H,3-4,10-11,13-14H2,1-2H3. The van der Waals surface area contributed by atoms with E-state index in [9.17, 15) is 0 Å². The molecule has 1 saturated carbocycles. The first-order chi connectivity index (χ1) is 14.2. The molecule has 152 valence electrons. The zero-order valence-corrected chi connectivity index (χ0v) is 17.9. The Hall–Kier alpha value is -2.33. The summed E-state index contributed by atoms with van der Waals surface area (Å²) < 4.78 is 8.45. The summed E-state index contributed by atoms with van der Waals surface area (Å²) >= 11 is 6.25. The Morgan fingerprint density at radius 1 is 0.966 bits per heavy atom. The predicted molar refractivity (Wildman–Crippen MR) is 117 cm³/mol. The van der Waals surface area contributed by atoms with Crippen LogP contribution in [0.25, 0.3) is 5.69 Å². The fraction of sp³-hybridized carbons (Fsp3) is 0.417. The number of para-hydroxylation sites is 1. The van der Waals surface area contributed by atoms with Gasteiger partial charge in [0.05, 0.1) is 11.8 Å². The number of aryl methyl sites for hydroxylation is 2. The Bertz CT molecular complexity index is 946. The van der Waals surface area contributed by atoms with Crippen LogP contribution in [-0.4, -0.2) is 20.9 Å². The van der Waals surface area contributed by atoms with E-state index in [2.05, 4.69) is 40.7 Å². The van der Waals surface area contributed by atoms with E-state index in [4.69, 9.17) is 16.3 Å². The topological polar surface area (TPSA) is 39.9 Å². The average Bonchev–Trinajstić information content (AvgIpc) is 3.19. The van der Waals surface area contributed by atoms with Gasteiger partial charge in [0.15, 0.2) is 0 Å². The van der Waals surface area contributed by atoms with Crippen molar-refractivity contribution in [1.82, 2.24) is 14.8 Å². The number of halogens is 1. The first-order valence-electron chi connectivity index (χ1n) is 10.6. The second kappa shape index (κ2) is 9.00. The molecule has 0 amide bonds. The van der Waals surface area contributed by atoms with Crippen molar-refractivity contribution in [2.45, 2.75) is 64.4 Å². The minimum absolute atomic E-state index is 0.275. The van der Waals surface area contributed by atoms with Gasteiger partial charge in [-0.05, 0) is 68.0 Å². The minimum Gasteiger partial charge on any atom is -0.490 e. The summed E-state index contributed by atoms with van der Waals surface area (Å²) in [6.07, 6.45) is 6.25. The Balaban J connectivity index is 1.55. The highest BCUT2D eigenvalue weighted by Crippen LogP contribution is 2.36. The summed E-state index contributed by atoms with van der Waals surface area (Å²) in [7, 11) is 0. The van der Waals surface area contributed by atoms with Crippen molar-refractivity contribution in [3.8, 4) is 11.4 Å². The summed E-state index contributed by atoms with van der Waals surface area (Å²) in [6, 6.07) is 16.3. The summed E-state index contributed by atoms with van der Waals surface area (Å²) in [6.45, 7) is 4.30. The zero-order chi connectivity index (χ0) is 20.2. The molecule has 1 aromatic heterocycles. The number of rotatable bonds is 6. The van der Waals surface area contributed by atoms with Crippen LogP contribution in [0.5, 0.6) is 5.75 Å². The first-order valence-corrected chi connectivity index (χ1v) is 11.0. The lowest BCUT2D eigenvalue weighted by atomic mass is 9.86. The molecule has 1 heterocycles. The molecule has 2 aromatic carbocycles. The maximum absolute atomic E-state index is 6.25. The molecule has 4 nitrogen and oxygen atoms in total. The van der Waals surface area contributed by atoms with E-state index in [0.717, 1.165) is 66.6 Å². The number of aromatic nitrogens is 3. The van der Waals surface area contributed by atoms with Crippen LogP contribution in [0.2, 0.25) is 5.02 Å². The second-order valence-corrected chi connectivity index (χ2v) is 8.13. The van der Waals surface area contributed by atoms with Crippen molar-refractivity contribution in [3.63, 3.8) is 0 Å². The average molecular weight is 410 g/mol. The van der Waals surface area contributed by atoms with Gasteiger partial charge in [-0.15, -0.1) is 10.2 Å². The third-order valence-electron chi connectivity index (χ3n) is 5.82. The van der Waals surface area contributed by atoms with Gasteiger partial charge in [-0.3, -0.25) is 4.57 Å². The van der Waals surface area contributed by atoms with Gasteiger partial charge in [0.25, 0.3) is 0 Å². The summed E-state index contributed by atoms with van der Waals surface area (Å²) in [5, 5.41) is 9.93. The van der Waals surface area contributed by atoms with Crippen LogP contribution in [0.3, 0.4) is 0 Å². The molecule has 29 heavy (non-hydrogen) atoms. The van der Waals surface area contributed by atoms with Crippen LogP contribution in [0, 0.1) is 0 Å². The third kappa shape index (κ3) is 4.32. The highest BCUT2D eigenvalue weighted by molar-refractivity contribution is 6.30. The van der Waals surface area contributed by atoms with E-state index in [0.29, 0.717) is 5.92 Å². The van der Waals surface area contributed by atoms with E-state index >= 15 is 0 Å². The normalized spacial score (nSPS) is 19.3. The van der Waals surface area contributed by atoms with E-state index in [1.165, 1.54) is 5.56 Å². The molecule has 0 N–H and O–H groups in total. The number of hydrogen-bond acceptors (Lipinski definition) is 3. The van der Waals surface area contributed by atoms with Crippen molar-refractivity contribution >= 4 is 11.6 Å². The quantitative estimate of drug-likeness (QED) is 0.490. The SMILES string of the molecule is CCc1cc(Cl)ccc1-n1c(CC)nnc1C1CCC(Oc2ccccc2)CC1. The Labute approximate surface area is 177 Å². The zero-order valence-electron chi connectivity index (χ0n) is 17.1. The molecular weight excluding hydrogens is 382 g/mol. The van der Waals surface area contributed by atoms with Crippen molar-refractivity contribution in [2.75, 3.05) is 0 Å². The lowest BCUT2D eigenvalue weighted by molar-refractivity contribution is 0.144. The van der Waals surface area contributed by atoms with Crippen LogP contribution in [-0.2, 0) is 12.8 Å². The molecular formula is C24H28ClN3O. The van der Waals surface area contributed by atoms with Gasteiger partial charge < -0.3 is 4.74 Å². The van der Waals surface area contributed by atoms with E-state index < -0.39 is 0 Å². The third-order valence-corrected chi connectivity index (χ3v) is 6.06. The fourth-order valence-electron chi connectivity index (χ4n) is 4.27. The van der Waals surface area contributed by atoms with Gasteiger partial charge in [0.2, 0.25) is 0 Å². The van der Waals surface area contributed by atoms with Crippen LogP contribution in [0.1, 0.15) is 62.7 Å².